The molecule has 114 valence electrons. The first-order valence-electron chi connectivity index (χ1n) is 7.79. The maximum atomic E-state index is 12.0. The van der Waals surface area contributed by atoms with Gasteiger partial charge in [-0.3, -0.25) is 0 Å². The molecule has 1 N–H and O–H groups in total. The van der Waals surface area contributed by atoms with Gasteiger partial charge in [-0.15, -0.1) is 0 Å². The average Bonchev–Trinajstić information content (AvgIpc) is 3.19. The van der Waals surface area contributed by atoms with E-state index in [1.54, 1.807) is 0 Å². The lowest BCUT2D eigenvalue weighted by atomic mass is 9.98. The summed E-state index contributed by atoms with van der Waals surface area (Å²) in [4.78, 5) is 12.0. The van der Waals surface area contributed by atoms with Crippen LogP contribution in [0.15, 0.2) is 72.8 Å². The molecule has 2 aliphatic carbocycles. The summed E-state index contributed by atoms with van der Waals surface area (Å²) in [6.07, 6.45) is 7.28. The SMILES string of the molecule is O=C(NC1C=CC=C1)OCC1c2ccccc2-c2ccccc21. The average molecular weight is 303 g/mol. The van der Waals surface area contributed by atoms with E-state index in [-0.39, 0.29) is 18.1 Å². The fourth-order valence-electron chi connectivity index (χ4n) is 3.30. The molecule has 4 rings (SSSR count). The molecule has 3 nitrogen and oxygen atoms in total. The summed E-state index contributed by atoms with van der Waals surface area (Å²) in [5.74, 6) is 0.0998. The second-order valence-electron chi connectivity index (χ2n) is 5.77. The molecule has 2 aromatic carbocycles. The van der Waals surface area contributed by atoms with E-state index in [0.29, 0.717) is 6.61 Å². The van der Waals surface area contributed by atoms with Gasteiger partial charge in [0.15, 0.2) is 0 Å². The maximum absolute atomic E-state index is 12.0. The molecule has 2 aliphatic rings. The van der Waals surface area contributed by atoms with Crippen LogP contribution in [0.1, 0.15) is 17.0 Å². The van der Waals surface area contributed by atoms with Gasteiger partial charge in [-0.05, 0) is 22.3 Å². The third kappa shape index (κ3) is 2.55. The Bertz CT molecular complexity index is 749. The first-order chi connectivity index (χ1) is 11.3. The Morgan fingerprint density at radius 2 is 1.48 bits per heavy atom. The third-order valence-corrected chi connectivity index (χ3v) is 4.38. The van der Waals surface area contributed by atoms with Crippen LogP contribution in [-0.4, -0.2) is 18.7 Å². The highest BCUT2D eigenvalue weighted by atomic mass is 16.5. The summed E-state index contributed by atoms with van der Waals surface area (Å²) >= 11 is 0. The monoisotopic (exact) mass is 303 g/mol. The summed E-state index contributed by atoms with van der Waals surface area (Å²) in [5.41, 5.74) is 4.92. The molecule has 0 atom stereocenters. The highest BCUT2D eigenvalue weighted by molar-refractivity contribution is 5.79. The van der Waals surface area contributed by atoms with Crippen molar-refractivity contribution in [2.45, 2.75) is 12.0 Å². The molecule has 0 heterocycles. The minimum Gasteiger partial charge on any atom is -0.449 e. The van der Waals surface area contributed by atoms with Crippen LogP contribution in [0.25, 0.3) is 11.1 Å². The minimum atomic E-state index is -0.381. The molecule has 0 spiro atoms. The van der Waals surface area contributed by atoms with Gasteiger partial charge in [-0.2, -0.15) is 0 Å². The molecular weight excluding hydrogens is 286 g/mol. The summed E-state index contributed by atoms with van der Waals surface area (Å²) in [6.45, 7) is 0.347. The number of benzene rings is 2. The van der Waals surface area contributed by atoms with Crippen molar-refractivity contribution in [1.29, 1.82) is 0 Å². The summed E-state index contributed by atoms with van der Waals surface area (Å²) in [5, 5.41) is 2.82. The van der Waals surface area contributed by atoms with Crippen LogP contribution < -0.4 is 5.32 Å². The fraction of sp³-hybridized carbons (Fsp3) is 0.150. The third-order valence-electron chi connectivity index (χ3n) is 4.38. The van der Waals surface area contributed by atoms with Crippen molar-refractivity contribution in [3.8, 4) is 11.1 Å². The Morgan fingerprint density at radius 1 is 0.913 bits per heavy atom. The van der Waals surface area contributed by atoms with Gasteiger partial charge >= 0.3 is 6.09 Å². The van der Waals surface area contributed by atoms with Crippen LogP contribution in [-0.2, 0) is 4.74 Å². The molecule has 0 bridgehead atoms. The quantitative estimate of drug-likeness (QED) is 0.930. The number of allylic oxidation sites excluding steroid dienone is 2. The van der Waals surface area contributed by atoms with Crippen molar-refractivity contribution < 1.29 is 9.53 Å². The van der Waals surface area contributed by atoms with Crippen molar-refractivity contribution >= 4 is 6.09 Å². The Balaban J connectivity index is 1.51. The number of hydrogen-bond donors (Lipinski definition) is 1. The van der Waals surface area contributed by atoms with Gasteiger partial charge in [0, 0.05) is 5.92 Å². The van der Waals surface area contributed by atoms with E-state index in [1.165, 1.54) is 22.3 Å². The lowest BCUT2D eigenvalue weighted by Gasteiger charge is -2.15. The van der Waals surface area contributed by atoms with Gasteiger partial charge in [-0.25, -0.2) is 4.79 Å². The Kier molecular flexibility index (Phi) is 3.46. The van der Waals surface area contributed by atoms with Crippen LogP contribution in [0.5, 0.6) is 0 Å². The van der Waals surface area contributed by atoms with Crippen LogP contribution in [0, 0.1) is 0 Å². The van der Waals surface area contributed by atoms with E-state index >= 15 is 0 Å². The smallest absolute Gasteiger partial charge is 0.407 e. The van der Waals surface area contributed by atoms with Crippen LogP contribution >= 0.6 is 0 Å². The van der Waals surface area contributed by atoms with E-state index < -0.39 is 0 Å². The lowest BCUT2D eigenvalue weighted by Crippen LogP contribution is -2.32. The number of alkyl carbamates (subject to hydrolysis) is 1. The number of carbonyl (C=O) groups is 1. The van der Waals surface area contributed by atoms with Crippen LogP contribution in [0.4, 0.5) is 4.79 Å². The number of rotatable bonds is 3. The molecule has 2 aromatic rings. The second-order valence-corrected chi connectivity index (χ2v) is 5.77. The predicted molar refractivity (Wildman–Crippen MR) is 90.3 cm³/mol. The van der Waals surface area contributed by atoms with Crippen molar-refractivity contribution in [3.63, 3.8) is 0 Å². The second kappa shape index (κ2) is 5.76. The summed E-state index contributed by atoms with van der Waals surface area (Å²) in [7, 11) is 0. The molecule has 0 fully saturated rings. The molecule has 0 aliphatic heterocycles. The molecule has 0 radical (unpaired) electrons. The molecule has 1 amide bonds. The van der Waals surface area contributed by atoms with Crippen molar-refractivity contribution in [2.24, 2.45) is 0 Å². The zero-order valence-corrected chi connectivity index (χ0v) is 12.6. The van der Waals surface area contributed by atoms with E-state index in [2.05, 4.69) is 29.6 Å². The fourth-order valence-corrected chi connectivity index (χ4v) is 3.30. The van der Waals surface area contributed by atoms with Gasteiger partial charge in [0.05, 0.1) is 6.04 Å². The molecule has 0 saturated heterocycles. The zero-order chi connectivity index (χ0) is 15.6. The molecule has 0 saturated carbocycles. The Hall–Kier alpha value is -2.81. The first kappa shape index (κ1) is 13.8. The summed E-state index contributed by atoms with van der Waals surface area (Å²) in [6, 6.07) is 16.6. The Labute approximate surface area is 135 Å². The van der Waals surface area contributed by atoms with E-state index in [4.69, 9.17) is 4.74 Å². The number of amides is 1. The van der Waals surface area contributed by atoms with Gasteiger partial charge in [0.1, 0.15) is 6.61 Å². The first-order valence-corrected chi connectivity index (χ1v) is 7.79. The van der Waals surface area contributed by atoms with Crippen LogP contribution in [0.2, 0.25) is 0 Å². The highest BCUT2D eigenvalue weighted by Crippen LogP contribution is 2.44. The number of fused-ring (bicyclic) bond motifs is 3. The van der Waals surface area contributed by atoms with Gasteiger partial charge in [-0.1, -0.05) is 72.8 Å². The number of ether oxygens (including phenoxy) is 1. The lowest BCUT2D eigenvalue weighted by molar-refractivity contribution is 0.142. The number of carbonyl (C=O) groups excluding carboxylic acids is 1. The molecular formula is C20H17NO2. The normalized spacial score (nSPS) is 15.5. The summed E-state index contributed by atoms with van der Waals surface area (Å²) < 4.78 is 5.48. The largest absolute Gasteiger partial charge is 0.449 e. The van der Waals surface area contributed by atoms with Crippen molar-refractivity contribution in [1.82, 2.24) is 5.32 Å². The van der Waals surface area contributed by atoms with Gasteiger partial charge in [0.25, 0.3) is 0 Å². The van der Waals surface area contributed by atoms with Gasteiger partial charge < -0.3 is 10.1 Å². The van der Waals surface area contributed by atoms with Crippen molar-refractivity contribution in [3.05, 3.63) is 84.0 Å². The van der Waals surface area contributed by atoms with Gasteiger partial charge in [0.2, 0.25) is 0 Å². The number of hydrogen-bond acceptors (Lipinski definition) is 2. The van der Waals surface area contributed by atoms with Crippen LogP contribution in [0.3, 0.4) is 0 Å². The zero-order valence-electron chi connectivity index (χ0n) is 12.6. The Morgan fingerprint density at radius 3 is 2.09 bits per heavy atom. The molecule has 0 unspecified atom stereocenters. The predicted octanol–water partition coefficient (Wildman–Crippen LogP) is 4.02. The standard InChI is InChI=1S/C20H17NO2/c22-20(21-14-7-1-2-8-14)23-13-19-17-11-5-3-9-15(17)16-10-4-6-12-18(16)19/h1-12,14,19H,13H2,(H,21,22). The number of nitrogens with one attached hydrogen (secondary N) is 1. The minimum absolute atomic E-state index is 0.0642. The molecule has 0 aromatic heterocycles. The van der Waals surface area contributed by atoms with E-state index in [0.717, 1.165) is 0 Å². The topological polar surface area (TPSA) is 38.3 Å². The molecule has 3 heteroatoms. The van der Waals surface area contributed by atoms with E-state index in [9.17, 15) is 4.79 Å². The molecule has 23 heavy (non-hydrogen) atoms. The van der Waals surface area contributed by atoms with Crippen molar-refractivity contribution in [2.75, 3.05) is 6.61 Å². The maximum Gasteiger partial charge on any atom is 0.407 e. The highest BCUT2D eigenvalue weighted by Gasteiger charge is 2.29. The van der Waals surface area contributed by atoms with E-state index in [1.807, 2.05) is 48.6 Å².